The van der Waals surface area contributed by atoms with Crippen molar-refractivity contribution < 1.29 is 4.79 Å². The molecule has 136 valence electrons. The molecule has 6 rings (SSSR count). The highest BCUT2D eigenvalue weighted by Crippen LogP contribution is 2.67. The number of hydrogen-bond acceptors (Lipinski definition) is 3. The van der Waals surface area contributed by atoms with Gasteiger partial charge in [0.2, 0.25) is 5.91 Å². The van der Waals surface area contributed by atoms with E-state index in [4.69, 9.17) is 0 Å². The summed E-state index contributed by atoms with van der Waals surface area (Å²) < 4.78 is 0. The van der Waals surface area contributed by atoms with Gasteiger partial charge in [0.1, 0.15) is 5.82 Å². The molecule has 4 nitrogen and oxygen atoms in total. The van der Waals surface area contributed by atoms with E-state index in [2.05, 4.69) is 29.7 Å². The molecule has 26 heavy (non-hydrogen) atoms. The summed E-state index contributed by atoms with van der Waals surface area (Å²) >= 11 is 0. The fourth-order valence-electron chi connectivity index (χ4n) is 6.49. The lowest BCUT2D eigenvalue weighted by atomic mass is 9.41. The Bertz CT molecular complexity index is 881. The average Bonchev–Trinajstić information content (AvgIpc) is 2.63. The van der Waals surface area contributed by atoms with E-state index in [1.807, 2.05) is 36.4 Å². The van der Waals surface area contributed by atoms with Crippen molar-refractivity contribution in [3.8, 4) is 0 Å². The van der Waals surface area contributed by atoms with Crippen LogP contribution in [0.4, 0.5) is 5.82 Å². The summed E-state index contributed by atoms with van der Waals surface area (Å²) in [5.74, 6) is 3.05. The number of amides is 1. The molecule has 5 unspecified atom stereocenters. The third kappa shape index (κ3) is 2.34. The van der Waals surface area contributed by atoms with Crippen LogP contribution < -0.4 is 10.9 Å². The van der Waals surface area contributed by atoms with E-state index >= 15 is 0 Å². The van der Waals surface area contributed by atoms with Gasteiger partial charge in [-0.1, -0.05) is 32.0 Å². The number of hydrogen-bond donors (Lipinski definition) is 2. The third-order valence-corrected chi connectivity index (χ3v) is 7.66. The molecule has 2 aromatic rings. The van der Waals surface area contributed by atoms with Crippen molar-refractivity contribution in [1.29, 1.82) is 0 Å². The van der Waals surface area contributed by atoms with Gasteiger partial charge in [0.25, 0.3) is 0 Å². The Kier molecular flexibility index (Phi) is 3.37. The van der Waals surface area contributed by atoms with Crippen LogP contribution in [0.25, 0.3) is 10.9 Å². The predicted octanol–water partition coefficient (Wildman–Crippen LogP) is 4.53. The normalized spacial score (nSPS) is 37.7. The molecule has 0 saturated heterocycles. The molecular formula is C22H27N3O. The highest BCUT2D eigenvalue weighted by Gasteiger charge is 2.61. The van der Waals surface area contributed by atoms with Crippen molar-refractivity contribution in [2.24, 2.45) is 28.6 Å². The number of carbonyl (C=O) groups excluding carboxylic acids is 1. The molecule has 0 radical (unpaired) electrons. The van der Waals surface area contributed by atoms with Gasteiger partial charge in [-0.25, -0.2) is 4.98 Å². The highest BCUT2D eigenvalue weighted by atomic mass is 16.2. The lowest BCUT2D eigenvalue weighted by molar-refractivity contribution is -0.167. The number of nitrogens with zero attached hydrogens (tertiary/aromatic N) is 1. The van der Waals surface area contributed by atoms with Gasteiger partial charge in [-0.3, -0.25) is 15.6 Å². The van der Waals surface area contributed by atoms with E-state index in [0.717, 1.165) is 42.0 Å². The maximum absolute atomic E-state index is 13.2. The molecule has 4 heteroatoms. The predicted molar refractivity (Wildman–Crippen MR) is 103 cm³/mol. The molecular weight excluding hydrogens is 322 g/mol. The maximum atomic E-state index is 13.2. The molecule has 1 aromatic heterocycles. The number of para-hydroxylation sites is 1. The Morgan fingerprint density at radius 1 is 1.15 bits per heavy atom. The van der Waals surface area contributed by atoms with E-state index in [9.17, 15) is 4.79 Å². The summed E-state index contributed by atoms with van der Waals surface area (Å²) in [5, 5.41) is 1.10. The second kappa shape index (κ2) is 5.45. The first-order valence-corrected chi connectivity index (χ1v) is 9.90. The number of nitrogens with one attached hydrogen (secondary N) is 2. The lowest BCUT2D eigenvalue weighted by Crippen LogP contribution is -2.60. The molecule has 4 saturated carbocycles. The third-order valence-electron chi connectivity index (χ3n) is 7.66. The fourth-order valence-corrected chi connectivity index (χ4v) is 6.49. The van der Waals surface area contributed by atoms with Crippen molar-refractivity contribution in [2.45, 2.75) is 46.0 Å². The molecule has 4 aliphatic carbocycles. The minimum atomic E-state index is -0.184. The van der Waals surface area contributed by atoms with Gasteiger partial charge >= 0.3 is 0 Å². The molecule has 1 aromatic carbocycles. The van der Waals surface area contributed by atoms with E-state index < -0.39 is 0 Å². The van der Waals surface area contributed by atoms with Crippen molar-refractivity contribution in [1.82, 2.24) is 10.4 Å². The highest BCUT2D eigenvalue weighted by molar-refractivity contribution is 5.85. The number of fused-ring (bicyclic) bond motifs is 1. The molecule has 5 atom stereocenters. The molecule has 2 N–H and O–H groups in total. The van der Waals surface area contributed by atoms with E-state index in [0.29, 0.717) is 17.2 Å². The largest absolute Gasteiger partial charge is 0.282 e. The Hall–Kier alpha value is -2.10. The first-order chi connectivity index (χ1) is 12.5. The van der Waals surface area contributed by atoms with Crippen LogP contribution in [0.1, 0.15) is 46.0 Å². The first kappa shape index (κ1) is 16.1. The number of hydrazine groups is 1. The Morgan fingerprint density at radius 2 is 2.00 bits per heavy atom. The Morgan fingerprint density at radius 3 is 2.85 bits per heavy atom. The van der Waals surface area contributed by atoms with Gasteiger partial charge in [-0.05, 0) is 73.5 Å². The second-order valence-electron chi connectivity index (χ2n) is 9.34. The lowest BCUT2D eigenvalue weighted by Gasteiger charge is -2.63. The molecule has 1 heterocycles. The summed E-state index contributed by atoms with van der Waals surface area (Å²) in [6.07, 6.45) is 5.78. The van der Waals surface area contributed by atoms with Crippen LogP contribution in [-0.4, -0.2) is 10.9 Å². The van der Waals surface area contributed by atoms with Crippen LogP contribution in [0.3, 0.4) is 0 Å². The maximum Gasteiger partial charge on any atom is 0.244 e. The smallest absolute Gasteiger partial charge is 0.244 e. The van der Waals surface area contributed by atoms with Crippen molar-refractivity contribution >= 4 is 22.6 Å². The number of aromatic nitrogens is 1. The van der Waals surface area contributed by atoms with Crippen LogP contribution in [0, 0.1) is 28.6 Å². The Balaban J connectivity index is 1.34. The zero-order valence-electron chi connectivity index (χ0n) is 15.6. The summed E-state index contributed by atoms with van der Waals surface area (Å²) in [7, 11) is 0. The minimum absolute atomic E-state index is 0.167. The van der Waals surface area contributed by atoms with Crippen LogP contribution in [0.5, 0.6) is 0 Å². The quantitative estimate of drug-likeness (QED) is 0.801. The van der Waals surface area contributed by atoms with E-state index in [1.54, 1.807) is 0 Å². The van der Waals surface area contributed by atoms with Crippen LogP contribution >= 0.6 is 0 Å². The molecule has 0 aliphatic heterocycles. The zero-order chi connectivity index (χ0) is 17.9. The second-order valence-corrected chi connectivity index (χ2v) is 9.34. The van der Waals surface area contributed by atoms with Crippen molar-refractivity contribution in [3.63, 3.8) is 0 Å². The minimum Gasteiger partial charge on any atom is -0.282 e. The van der Waals surface area contributed by atoms with Crippen LogP contribution in [-0.2, 0) is 4.79 Å². The zero-order valence-corrected chi connectivity index (χ0v) is 15.6. The van der Waals surface area contributed by atoms with Gasteiger partial charge in [0, 0.05) is 5.39 Å². The van der Waals surface area contributed by atoms with Gasteiger partial charge in [-0.2, -0.15) is 0 Å². The summed E-state index contributed by atoms with van der Waals surface area (Å²) in [6, 6.07) is 12.0. The van der Waals surface area contributed by atoms with Crippen LogP contribution in [0.2, 0.25) is 0 Å². The summed E-state index contributed by atoms with van der Waals surface area (Å²) in [4.78, 5) is 17.8. The summed E-state index contributed by atoms with van der Waals surface area (Å²) in [6.45, 7) is 4.82. The van der Waals surface area contributed by atoms with E-state index in [-0.39, 0.29) is 11.3 Å². The van der Waals surface area contributed by atoms with Gasteiger partial charge < -0.3 is 0 Å². The van der Waals surface area contributed by atoms with Crippen molar-refractivity contribution in [2.75, 3.05) is 5.43 Å². The average molecular weight is 349 g/mol. The molecule has 4 fully saturated rings. The van der Waals surface area contributed by atoms with Crippen molar-refractivity contribution in [3.05, 3.63) is 36.4 Å². The summed E-state index contributed by atoms with van der Waals surface area (Å²) in [5.41, 5.74) is 7.16. The standard InChI is InChI=1S/C22H27N3O/c1-14-17-9-15-10-21(14,2)13-22(11-15,12-17)20(26)25-24-19-8-7-16-5-3-4-6-18(16)23-19/h3-8,14-15,17H,9-13H2,1-2H3,(H,23,24)(H,25,26). The number of carbonyl (C=O) groups is 1. The number of pyridine rings is 1. The van der Waals surface area contributed by atoms with Gasteiger partial charge in [0.05, 0.1) is 10.9 Å². The SMILES string of the molecule is CC1C2CC3CC(C(=O)NNc4ccc5ccccc5n4)(C2)CC1(C)C3. The first-order valence-electron chi connectivity index (χ1n) is 9.90. The van der Waals surface area contributed by atoms with E-state index in [1.165, 1.54) is 12.8 Å². The fraction of sp³-hybridized carbons (Fsp3) is 0.545. The monoisotopic (exact) mass is 349 g/mol. The number of rotatable bonds is 3. The van der Waals surface area contributed by atoms with Gasteiger partial charge in [0.15, 0.2) is 0 Å². The molecule has 0 spiro atoms. The number of anilines is 1. The molecule has 4 aliphatic rings. The molecule has 4 bridgehead atoms. The van der Waals surface area contributed by atoms with Gasteiger partial charge in [-0.15, -0.1) is 0 Å². The number of benzene rings is 1. The Labute approximate surface area is 154 Å². The topological polar surface area (TPSA) is 54.0 Å². The molecule has 1 amide bonds. The van der Waals surface area contributed by atoms with Crippen LogP contribution in [0.15, 0.2) is 36.4 Å².